The first-order chi connectivity index (χ1) is 11.6. The van der Waals surface area contributed by atoms with Gasteiger partial charge in [0.25, 0.3) is 0 Å². The lowest BCUT2D eigenvalue weighted by Gasteiger charge is -2.31. The highest BCUT2D eigenvalue weighted by atomic mass is 127. The highest BCUT2D eigenvalue weighted by molar-refractivity contribution is 14.0. The predicted octanol–water partition coefficient (Wildman–Crippen LogP) is 4.07. The summed E-state index contributed by atoms with van der Waals surface area (Å²) < 4.78 is 12.1. The second-order valence-electron chi connectivity index (χ2n) is 7.54. The molecule has 0 aromatic rings. The molecule has 0 heterocycles. The molecule has 4 nitrogen and oxygen atoms in total. The normalized spacial score (nSPS) is 31.7. The number of nitrogens with zero attached hydrogens (tertiary/aromatic N) is 1. The SMILES string of the molecule is CCNC(=NCC1CCCCC1C)NC1CCCC(S(=O)CC)C1.I. The van der Waals surface area contributed by atoms with Crippen molar-refractivity contribution in [3.8, 4) is 0 Å². The summed E-state index contributed by atoms with van der Waals surface area (Å²) in [5, 5.41) is 7.39. The summed E-state index contributed by atoms with van der Waals surface area (Å²) in [6, 6.07) is 0.417. The molecule has 5 unspecified atom stereocenters. The first-order valence-electron chi connectivity index (χ1n) is 10.1. The Morgan fingerprint density at radius 2 is 1.88 bits per heavy atom. The monoisotopic (exact) mass is 483 g/mol. The Balaban J connectivity index is 0.00000312. The maximum Gasteiger partial charge on any atom is 0.191 e. The van der Waals surface area contributed by atoms with Crippen molar-refractivity contribution in [2.75, 3.05) is 18.8 Å². The van der Waals surface area contributed by atoms with Gasteiger partial charge in [-0.2, -0.15) is 0 Å². The Kier molecular flexibility index (Phi) is 11.6. The van der Waals surface area contributed by atoms with Crippen LogP contribution in [0.3, 0.4) is 0 Å². The minimum absolute atomic E-state index is 0. The number of hydrogen-bond acceptors (Lipinski definition) is 2. The van der Waals surface area contributed by atoms with Crippen molar-refractivity contribution >= 4 is 40.7 Å². The number of guanidine groups is 1. The van der Waals surface area contributed by atoms with Gasteiger partial charge in [-0.1, -0.05) is 39.5 Å². The molecule has 0 saturated heterocycles. The summed E-state index contributed by atoms with van der Waals surface area (Å²) in [4.78, 5) is 4.89. The molecule has 6 heteroatoms. The van der Waals surface area contributed by atoms with Crippen LogP contribution in [-0.2, 0) is 10.8 Å². The first-order valence-corrected chi connectivity index (χ1v) is 11.4. The first kappa shape index (κ1) is 23.2. The van der Waals surface area contributed by atoms with Gasteiger partial charge in [-0.25, -0.2) is 0 Å². The van der Waals surface area contributed by atoms with Crippen LogP contribution >= 0.6 is 24.0 Å². The van der Waals surface area contributed by atoms with E-state index >= 15 is 0 Å². The standard InChI is InChI=1S/C19H37N3OS.HI/c1-4-20-19(21-14-16-10-7-6-9-15(16)3)22-17-11-8-12-18(13-17)24(23)5-2;/h15-18H,4-14H2,1-3H3,(H2,20,21,22);1H. The van der Waals surface area contributed by atoms with Crippen LogP contribution in [0.25, 0.3) is 0 Å². The van der Waals surface area contributed by atoms with E-state index in [1.807, 2.05) is 6.92 Å². The Morgan fingerprint density at radius 1 is 1.12 bits per heavy atom. The van der Waals surface area contributed by atoms with Gasteiger partial charge in [0.1, 0.15) is 0 Å². The predicted molar refractivity (Wildman–Crippen MR) is 120 cm³/mol. The molecule has 0 aliphatic heterocycles. The molecule has 0 amide bonds. The zero-order valence-corrected chi connectivity index (χ0v) is 19.4. The fourth-order valence-electron chi connectivity index (χ4n) is 4.14. The van der Waals surface area contributed by atoms with Gasteiger partial charge in [-0.05, 0) is 44.4 Å². The van der Waals surface area contributed by atoms with E-state index < -0.39 is 10.8 Å². The summed E-state index contributed by atoms with van der Waals surface area (Å²) >= 11 is 0. The average Bonchev–Trinajstić information content (AvgIpc) is 2.60. The minimum atomic E-state index is -0.665. The summed E-state index contributed by atoms with van der Waals surface area (Å²) in [6.45, 7) is 8.36. The van der Waals surface area contributed by atoms with Crippen LogP contribution in [0.1, 0.15) is 72.1 Å². The molecule has 2 fully saturated rings. The lowest BCUT2D eigenvalue weighted by molar-refractivity contribution is 0.263. The highest BCUT2D eigenvalue weighted by Crippen LogP contribution is 2.29. The molecule has 0 aromatic heterocycles. The number of nitrogens with one attached hydrogen (secondary N) is 2. The third-order valence-corrected chi connectivity index (χ3v) is 7.48. The second kappa shape index (κ2) is 12.5. The second-order valence-corrected chi connectivity index (χ2v) is 9.55. The summed E-state index contributed by atoms with van der Waals surface area (Å²) in [6.07, 6.45) is 9.91. The van der Waals surface area contributed by atoms with Crippen LogP contribution in [0.15, 0.2) is 4.99 Å². The number of rotatable bonds is 6. The molecular formula is C19H38IN3OS. The maximum absolute atomic E-state index is 12.1. The van der Waals surface area contributed by atoms with Crippen LogP contribution in [0.2, 0.25) is 0 Å². The molecule has 0 radical (unpaired) electrons. The molecule has 0 bridgehead atoms. The molecule has 2 rings (SSSR count). The molecule has 5 atom stereocenters. The van der Waals surface area contributed by atoms with Gasteiger partial charge in [-0.3, -0.25) is 9.20 Å². The quantitative estimate of drug-likeness (QED) is 0.340. The van der Waals surface area contributed by atoms with Gasteiger partial charge in [0.05, 0.1) is 0 Å². The smallest absolute Gasteiger partial charge is 0.191 e. The minimum Gasteiger partial charge on any atom is -0.357 e. The summed E-state index contributed by atoms with van der Waals surface area (Å²) in [5.41, 5.74) is 0. The van der Waals surface area contributed by atoms with Crippen LogP contribution in [0.4, 0.5) is 0 Å². The van der Waals surface area contributed by atoms with Gasteiger partial charge in [-0.15, -0.1) is 24.0 Å². The molecule has 25 heavy (non-hydrogen) atoms. The third kappa shape index (κ3) is 7.73. The van der Waals surface area contributed by atoms with E-state index in [4.69, 9.17) is 4.99 Å². The van der Waals surface area contributed by atoms with Gasteiger partial charge >= 0.3 is 0 Å². The fourth-order valence-corrected chi connectivity index (χ4v) is 5.48. The van der Waals surface area contributed by atoms with Gasteiger partial charge in [0, 0.05) is 40.9 Å². The van der Waals surface area contributed by atoms with E-state index in [1.165, 1.54) is 38.5 Å². The van der Waals surface area contributed by atoms with Crippen molar-refractivity contribution in [3.63, 3.8) is 0 Å². The molecule has 2 aliphatic carbocycles. The van der Waals surface area contributed by atoms with E-state index in [9.17, 15) is 4.21 Å². The molecule has 0 aromatic carbocycles. The average molecular weight is 484 g/mol. The van der Waals surface area contributed by atoms with Crippen molar-refractivity contribution in [2.24, 2.45) is 16.8 Å². The highest BCUT2D eigenvalue weighted by Gasteiger charge is 2.26. The molecule has 2 aliphatic rings. The van der Waals surface area contributed by atoms with Crippen LogP contribution in [-0.4, -0.2) is 40.3 Å². The number of aliphatic imine (C=N–C) groups is 1. The number of halogens is 1. The van der Waals surface area contributed by atoms with E-state index in [0.717, 1.165) is 49.5 Å². The van der Waals surface area contributed by atoms with Gasteiger partial charge in [0.2, 0.25) is 0 Å². The fraction of sp³-hybridized carbons (Fsp3) is 0.947. The van der Waals surface area contributed by atoms with E-state index in [-0.39, 0.29) is 24.0 Å². The zero-order chi connectivity index (χ0) is 17.4. The summed E-state index contributed by atoms with van der Waals surface area (Å²) in [5.74, 6) is 3.28. The van der Waals surface area contributed by atoms with Crippen molar-refractivity contribution in [1.82, 2.24) is 10.6 Å². The van der Waals surface area contributed by atoms with Crippen molar-refractivity contribution in [3.05, 3.63) is 0 Å². The van der Waals surface area contributed by atoms with Gasteiger partial charge in [0.15, 0.2) is 5.96 Å². The lowest BCUT2D eigenvalue weighted by Crippen LogP contribution is -2.47. The Labute approximate surface area is 174 Å². The maximum atomic E-state index is 12.1. The van der Waals surface area contributed by atoms with E-state index in [2.05, 4.69) is 24.5 Å². The molecule has 148 valence electrons. The molecule has 2 saturated carbocycles. The van der Waals surface area contributed by atoms with E-state index in [0.29, 0.717) is 11.3 Å². The van der Waals surface area contributed by atoms with Crippen molar-refractivity contribution < 1.29 is 4.21 Å². The topological polar surface area (TPSA) is 53.5 Å². The molecule has 2 N–H and O–H groups in total. The zero-order valence-electron chi connectivity index (χ0n) is 16.3. The Hall–Kier alpha value is 0.150. The largest absolute Gasteiger partial charge is 0.357 e. The molecule has 0 spiro atoms. The van der Waals surface area contributed by atoms with Crippen molar-refractivity contribution in [1.29, 1.82) is 0 Å². The number of hydrogen-bond donors (Lipinski definition) is 2. The Morgan fingerprint density at radius 3 is 2.56 bits per heavy atom. The Bertz CT molecular complexity index is 433. The molecular weight excluding hydrogens is 445 g/mol. The summed E-state index contributed by atoms with van der Waals surface area (Å²) in [7, 11) is -0.665. The van der Waals surface area contributed by atoms with Crippen LogP contribution < -0.4 is 10.6 Å². The van der Waals surface area contributed by atoms with Crippen LogP contribution in [0, 0.1) is 11.8 Å². The van der Waals surface area contributed by atoms with Gasteiger partial charge < -0.3 is 10.6 Å². The van der Waals surface area contributed by atoms with E-state index in [1.54, 1.807) is 0 Å². The lowest BCUT2D eigenvalue weighted by atomic mass is 9.80. The van der Waals surface area contributed by atoms with Crippen molar-refractivity contribution in [2.45, 2.75) is 83.4 Å². The third-order valence-electron chi connectivity index (χ3n) is 5.74. The van der Waals surface area contributed by atoms with Crippen LogP contribution in [0.5, 0.6) is 0 Å².